The van der Waals surface area contributed by atoms with E-state index in [9.17, 15) is 14.7 Å². The van der Waals surface area contributed by atoms with Gasteiger partial charge in [0.25, 0.3) is 0 Å². The van der Waals surface area contributed by atoms with Crippen LogP contribution in [-0.2, 0) is 9.59 Å². The number of nitrogens with one attached hydrogen (secondary N) is 2. The molecule has 0 bridgehead atoms. The molecule has 1 heterocycles. The Balaban J connectivity index is 1.36. The monoisotopic (exact) mass is 403 g/mol. The van der Waals surface area contributed by atoms with E-state index in [0.29, 0.717) is 0 Å². The number of carbonyl (C=O) groups excluding carboxylic acids is 1. The fourth-order valence-corrected chi connectivity index (χ4v) is 4.15. The molecule has 2 aromatic carbocycles. The van der Waals surface area contributed by atoms with E-state index >= 15 is 0 Å². The lowest BCUT2D eigenvalue weighted by molar-refractivity contribution is -0.140. The number of anilines is 1. The highest BCUT2D eigenvalue weighted by molar-refractivity contribution is 6.01. The number of pyridine rings is 1. The molecule has 30 heavy (non-hydrogen) atoms. The van der Waals surface area contributed by atoms with Gasteiger partial charge in [0.2, 0.25) is 5.91 Å². The predicted octanol–water partition coefficient (Wildman–Crippen LogP) is 4.15. The van der Waals surface area contributed by atoms with Crippen LogP contribution in [-0.4, -0.2) is 28.0 Å². The molecule has 6 heteroatoms. The molecule has 1 aliphatic carbocycles. The molecule has 1 aliphatic rings. The molecule has 154 valence electrons. The van der Waals surface area contributed by atoms with Crippen molar-refractivity contribution < 1.29 is 14.7 Å². The third-order valence-electron chi connectivity index (χ3n) is 5.77. The van der Waals surface area contributed by atoms with Gasteiger partial charge in [0.05, 0.1) is 11.2 Å². The number of hydrogen-bond acceptors (Lipinski definition) is 4. The number of rotatable bonds is 6. The third-order valence-corrected chi connectivity index (χ3v) is 5.77. The molecule has 0 spiro atoms. The zero-order chi connectivity index (χ0) is 20.9. The minimum absolute atomic E-state index is 0.00412. The summed E-state index contributed by atoms with van der Waals surface area (Å²) in [6.45, 7) is 0. The summed E-state index contributed by atoms with van der Waals surface area (Å²) in [5.41, 5.74) is 2.26. The maximum Gasteiger partial charge on any atom is 0.325 e. The zero-order valence-electron chi connectivity index (χ0n) is 16.6. The number of amides is 1. The molecule has 4 rings (SSSR count). The van der Waals surface area contributed by atoms with Crippen LogP contribution in [0.5, 0.6) is 0 Å². The van der Waals surface area contributed by atoms with Gasteiger partial charge in [-0.2, -0.15) is 0 Å². The number of carboxylic acid groups (broad SMARTS) is 1. The lowest BCUT2D eigenvalue weighted by Crippen LogP contribution is -2.40. The zero-order valence-corrected chi connectivity index (χ0v) is 16.6. The van der Waals surface area contributed by atoms with Gasteiger partial charge in [-0.15, -0.1) is 0 Å². The van der Waals surface area contributed by atoms with Crippen molar-refractivity contribution in [1.82, 2.24) is 10.3 Å². The van der Waals surface area contributed by atoms with E-state index in [1.165, 1.54) is 0 Å². The van der Waals surface area contributed by atoms with Gasteiger partial charge in [0.1, 0.15) is 6.04 Å². The average molecular weight is 403 g/mol. The SMILES string of the molecule is O=C(O)C(N[C@H]1CC[C@H](C(=O)Nc2cccc3cccnc23)CC1)c1ccccc1. The Bertz CT molecular complexity index is 1020. The Morgan fingerprint density at radius 3 is 2.40 bits per heavy atom. The van der Waals surface area contributed by atoms with Crippen LogP contribution in [0, 0.1) is 5.92 Å². The molecule has 1 atom stereocenters. The number of hydrogen-bond donors (Lipinski definition) is 3. The Morgan fingerprint density at radius 1 is 0.933 bits per heavy atom. The van der Waals surface area contributed by atoms with Crippen molar-refractivity contribution in [3.8, 4) is 0 Å². The molecule has 1 saturated carbocycles. The number of aromatic nitrogens is 1. The van der Waals surface area contributed by atoms with E-state index in [1.807, 2.05) is 60.7 Å². The van der Waals surface area contributed by atoms with Crippen molar-refractivity contribution in [3.63, 3.8) is 0 Å². The first-order valence-electron chi connectivity index (χ1n) is 10.3. The summed E-state index contributed by atoms with van der Waals surface area (Å²) in [6.07, 6.45) is 4.71. The molecule has 3 N–H and O–H groups in total. The number of benzene rings is 2. The summed E-state index contributed by atoms with van der Waals surface area (Å²) >= 11 is 0. The Kier molecular flexibility index (Phi) is 6.05. The second kappa shape index (κ2) is 9.05. The first-order valence-corrected chi connectivity index (χ1v) is 10.3. The van der Waals surface area contributed by atoms with Crippen molar-refractivity contribution in [2.24, 2.45) is 5.92 Å². The summed E-state index contributed by atoms with van der Waals surface area (Å²) in [5.74, 6) is -0.962. The van der Waals surface area contributed by atoms with Crippen molar-refractivity contribution >= 4 is 28.5 Å². The second-order valence-electron chi connectivity index (χ2n) is 7.77. The van der Waals surface area contributed by atoms with Gasteiger partial charge < -0.3 is 10.4 Å². The molecule has 1 fully saturated rings. The summed E-state index contributed by atoms with van der Waals surface area (Å²) < 4.78 is 0. The van der Waals surface area contributed by atoms with E-state index in [2.05, 4.69) is 15.6 Å². The third kappa shape index (κ3) is 4.49. The highest BCUT2D eigenvalue weighted by atomic mass is 16.4. The maximum atomic E-state index is 12.8. The molecule has 6 nitrogen and oxygen atoms in total. The average Bonchev–Trinajstić information content (AvgIpc) is 2.78. The van der Waals surface area contributed by atoms with Gasteiger partial charge in [0.15, 0.2) is 0 Å². The van der Waals surface area contributed by atoms with Crippen molar-refractivity contribution in [1.29, 1.82) is 0 Å². The first-order chi connectivity index (χ1) is 14.6. The molecule has 3 aromatic rings. The van der Waals surface area contributed by atoms with E-state index in [0.717, 1.165) is 47.8 Å². The van der Waals surface area contributed by atoms with Crippen LogP contribution in [0.3, 0.4) is 0 Å². The molecule has 0 aliphatic heterocycles. The van der Waals surface area contributed by atoms with Crippen LogP contribution < -0.4 is 10.6 Å². The molecule has 1 amide bonds. The van der Waals surface area contributed by atoms with Crippen molar-refractivity contribution in [3.05, 3.63) is 72.4 Å². The Morgan fingerprint density at radius 2 is 1.67 bits per heavy atom. The summed E-state index contributed by atoms with van der Waals surface area (Å²) in [4.78, 5) is 28.9. The topological polar surface area (TPSA) is 91.3 Å². The lowest BCUT2D eigenvalue weighted by Gasteiger charge is -2.30. The normalized spacial score (nSPS) is 19.9. The minimum atomic E-state index is -0.885. The number of aliphatic carboxylic acids is 1. The van der Waals surface area contributed by atoms with E-state index in [1.54, 1.807) is 6.20 Å². The molecule has 0 saturated heterocycles. The molecular formula is C24H25N3O3. The van der Waals surface area contributed by atoms with Gasteiger partial charge in [-0.05, 0) is 43.4 Å². The molecular weight excluding hydrogens is 378 g/mol. The smallest absolute Gasteiger partial charge is 0.325 e. The summed E-state index contributed by atoms with van der Waals surface area (Å²) in [7, 11) is 0. The number of para-hydroxylation sites is 1. The molecule has 0 radical (unpaired) electrons. The maximum absolute atomic E-state index is 12.8. The van der Waals surface area contributed by atoms with Crippen molar-refractivity contribution in [2.45, 2.75) is 37.8 Å². The Hall–Kier alpha value is -3.25. The number of fused-ring (bicyclic) bond motifs is 1. The predicted molar refractivity (Wildman–Crippen MR) is 116 cm³/mol. The van der Waals surface area contributed by atoms with Crippen molar-refractivity contribution in [2.75, 3.05) is 5.32 Å². The van der Waals surface area contributed by atoms with Crippen LogP contribution in [0.4, 0.5) is 5.69 Å². The van der Waals surface area contributed by atoms with Crippen LogP contribution in [0.1, 0.15) is 37.3 Å². The highest BCUT2D eigenvalue weighted by Gasteiger charge is 2.30. The number of nitrogens with zero attached hydrogens (tertiary/aromatic N) is 1. The van der Waals surface area contributed by atoms with Crippen LogP contribution in [0.15, 0.2) is 66.9 Å². The van der Waals surface area contributed by atoms with Crippen LogP contribution >= 0.6 is 0 Å². The van der Waals surface area contributed by atoms with Crippen LogP contribution in [0.2, 0.25) is 0 Å². The summed E-state index contributed by atoms with van der Waals surface area (Å²) in [6, 6.07) is 18.2. The van der Waals surface area contributed by atoms with E-state index in [-0.39, 0.29) is 17.9 Å². The molecule has 1 unspecified atom stereocenters. The largest absolute Gasteiger partial charge is 0.480 e. The summed E-state index contributed by atoms with van der Waals surface area (Å²) in [5, 5.41) is 16.9. The standard InChI is InChI=1S/C24H25N3O3/c28-23(27-20-10-4-8-16-9-5-15-25-21(16)20)18-11-13-19(14-12-18)26-22(24(29)30)17-6-2-1-3-7-17/h1-10,15,18-19,22,26H,11-14H2,(H,27,28)(H,29,30)/t18-,19-,22?. The van der Waals surface area contributed by atoms with Gasteiger partial charge >= 0.3 is 5.97 Å². The van der Waals surface area contributed by atoms with Gasteiger partial charge in [0, 0.05) is 23.5 Å². The first kappa shape index (κ1) is 20.0. The van der Waals surface area contributed by atoms with E-state index < -0.39 is 12.0 Å². The van der Waals surface area contributed by atoms with Crippen LogP contribution in [0.25, 0.3) is 10.9 Å². The molecule has 1 aromatic heterocycles. The highest BCUT2D eigenvalue weighted by Crippen LogP contribution is 2.29. The quantitative estimate of drug-likeness (QED) is 0.575. The minimum Gasteiger partial charge on any atom is -0.480 e. The second-order valence-corrected chi connectivity index (χ2v) is 7.77. The van der Waals surface area contributed by atoms with Gasteiger partial charge in [-0.3, -0.25) is 19.9 Å². The van der Waals surface area contributed by atoms with Gasteiger partial charge in [-0.1, -0.05) is 48.5 Å². The fourth-order valence-electron chi connectivity index (χ4n) is 4.15. The Labute approximate surface area is 175 Å². The number of carbonyl (C=O) groups is 2. The van der Waals surface area contributed by atoms with Gasteiger partial charge in [-0.25, -0.2) is 0 Å². The fraction of sp³-hybridized carbons (Fsp3) is 0.292. The van der Waals surface area contributed by atoms with E-state index in [4.69, 9.17) is 0 Å². The lowest BCUT2D eigenvalue weighted by atomic mass is 9.85. The number of carboxylic acids is 1.